The molecule has 0 aliphatic carbocycles. The molecule has 0 fully saturated rings. The molecule has 120 valence electrons. The van der Waals surface area contributed by atoms with Crippen molar-refractivity contribution in [1.29, 1.82) is 0 Å². The van der Waals surface area contributed by atoms with Crippen LogP contribution >= 0.6 is 45.9 Å². The maximum absolute atomic E-state index is 12.3. The SMILES string of the molecule is O=C(Nc1nnc(-c2cc(Cl)sc2Cl)o1)c1nc2ccccc2s1. The first-order valence-electron chi connectivity index (χ1n) is 6.56. The van der Waals surface area contributed by atoms with Crippen LogP contribution in [0, 0.1) is 0 Å². The van der Waals surface area contributed by atoms with Crippen LogP contribution in [0.4, 0.5) is 6.01 Å². The lowest BCUT2D eigenvalue weighted by atomic mass is 10.3. The first-order chi connectivity index (χ1) is 11.6. The number of para-hydroxylation sites is 1. The number of thiophene rings is 1. The van der Waals surface area contributed by atoms with E-state index in [0.717, 1.165) is 10.2 Å². The monoisotopic (exact) mass is 396 g/mol. The summed E-state index contributed by atoms with van der Waals surface area (Å²) < 4.78 is 7.29. The van der Waals surface area contributed by atoms with Gasteiger partial charge in [0.25, 0.3) is 11.8 Å². The molecule has 4 rings (SSSR count). The predicted octanol–water partition coefficient (Wildman–Crippen LogP) is 4.97. The third-order valence-corrected chi connectivity index (χ3v) is 5.54. The summed E-state index contributed by atoms with van der Waals surface area (Å²) in [6.45, 7) is 0. The van der Waals surface area contributed by atoms with Gasteiger partial charge >= 0.3 is 6.01 Å². The van der Waals surface area contributed by atoms with E-state index in [-0.39, 0.29) is 11.9 Å². The number of nitrogens with one attached hydrogen (secondary N) is 1. The number of hydrogen-bond acceptors (Lipinski definition) is 7. The Bertz CT molecular complexity index is 1020. The largest absolute Gasteiger partial charge is 0.403 e. The van der Waals surface area contributed by atoms with Gasteiger partial charge in [-0.25, -0.2) is 4.98 Å². The van der Waals surface area contributed by atoms with E-state index in [0.29, 0.717) is 19.2 Å². The number of nitrogens with zero attached hydrogens (tertiary/aromatic N) is 3. The Kier molecular flexibility index (Phi) is 3.97. The number of carbonyl (C=O) groups is 1. The van der Waals surface area contributed by atoms with Crippen LogP contribution in [-0.4, -0.2) is 21.1 Å². The number of benzene rings is 1. The molecule has 0 bridgehead atoms. The molecule has 6 nitrogen and oxygen atoms in total. The summed E-state index contributed by atoms with van der Waals surface area (Å²) in [7, 11) is 0. The first-order valence-corrected chi connectivity index (χ1v) is 8.94. The molecule has 0 aliphatic rings. The molecule has 1 amide bonds. The van der Waals surface area contributed by atoms with Gasteiger partial charge < -0.3 is 4.42 Å². The molecule has 0 saturated carbocycles. The summed E-state index contributed by atoms with van der Waals surface area (Å²) in [5.41, 5.74) is 1.29. The van der Waals surface area contributed by atoms with Crippen LogP contribution in [0.2, 0.25) is 8.67 Å². The van der Waals surface area contributed by atoms with Gasteiger partial charge in [0, 0.05) is 0 Å². The fourth-order valence-corrected chi connectivity index (χ4v) is 4.30. The Morgan fingerprint density at radius 3 is 2.75 bits per heavy atom. The van der Waals surface area contributed by atoms with Crippen LogP contribution < -0.4 is 5.32 Å². The van der Waals surface area contributed by atoms with Crippen molar-refractivity contribution in [1.82, 2.24) is 15.2 Å². The smallest absolute Gasteiger partial charge is 0.322 e. The maximum atomic E-state index is 12.3. The van der Waals surface area contributed by atoms with E-state index in [2.05, 4.69) is 20.5 Å². The van der Waals surface area contributed by atoms with Gasteiger partial charge in [0.15, 0.2) is 5.01 Å². The Hall–Kier alpha value is -2.00. The van der Waals surface area contributed by atoms with Gasteiger partial charge in [0.05, 0.1) is 20.1 Å². The van der Waals surface area contributed by atoms with Crippen molar-refractivity contribution in [2.24, 2.45) is 0 Å². The molecule has 4 aromatic rings. The summed E-state index contributed by atoms with van der Waals surface area (Å²) in [6.07, 6.45) is 0. The van der Waals surface area contributed by atoms with Crippen molar-refractivity contribution >= 4 is 68.0 Å². The van der Waals surface area contributed by atoms with E-state index >= 15 is 0 Å². The molecule has 0 spiro atoms. The highest BCUT2D eigenvalue weighted by atomic mass is 35.5. The van der Waals surface area contributed by atoms with E-state index < -0.39 is 5.91 Å². The molecule has 0 atom stereocenters. The fourth-order valence-electron chi connectivity index (χ4n) is 1.99. The second-order valence-corrected chi connectivity index (χ2v) is 7.91. The van der Waals surface area contributed by atoms with E-state index in [1.165, 1.54) is 22.7 Å². The van der Waals surface area contributed by atoms with E-state index in [9.17, 15) is 4.79 Å². The van der Waals surface area contributed by atoms with Crippen molar-refractivity contribution in [3.63, 3.8) is 0 Å². The minimum Gasteiger partial charge on any atom is -0.403 e. The van der Waals surface area contributed by atoms with Crippen molar-refractivity contribution in [3.05, 3.63) is 44.0 Å². The number of halogens is 2. The molecule has 24 heavy (non-hydrogen) atoms. The molecule has 0 unspecified atom stereocenters. The van der Waals surface area contributed by atoms with Crippen LogP contribution in [0.1, 0.15) is 9.80 Å². The lowest BCUT2D eigenvalue weighted by Gasteiger charge is -1.95. The van der Waals surface area contributed by atoms with Gasteiger partial charge in [-0.2, -0.15) is 0 Å². The number of carbonyl (C=O) groups excluding carboxylic acids is 1. The Labute approximate surface area is 153 Å². The number of amides is 1. The zero-order valence-corrected chi connectivity index (χ0v) is 14.8. The summed E-state index contributed by atoms with van der Waals surface area (Å²) >= 11 is 14.4. The number of rotatable bonds is 3. The topological polar surface area (TPSA) is 80.9 Å². The average molecular weight is 397 g/mol. The number of fused-ring (bicyclic) bond motifs is 1. The second kappa shape index (κ2) is 6.14. The zero-order valence-electron chi connectivity index (χ0n) is 11.6. The zero-order chi connectivity index (χ0) is 16.7. The van der Waals surface area contributed by atoms with Crippen molar-refractivity contribution in [2.45, 2.75) is 0 Å². The highest BCUT2D eigenvalue weighted by Crippen LogP contribution is 2.37. The van der Waals surface area contributed by atoms with Gasteiger partial charge in [-0.1, -0.05) is 40.4 Å². The molecule has 3 heterocycles. The minimum atomic E-state index is -0.416. The predicted molar refractivity (Wildman–Crippen MR) is 95.2 cm³/mol. The summed E-state index contributed by atoms with van der Waals surface area (Å²) in [5, 5.41) is 10.5. The quantitative estimate of drug-likeness (QED) is 0.528. The molecule has 1 aromatic carbocycles. The van der Waals surface area contributed by atoms with Crippen LogP contribution in [0.5, 0.6) is 0 Å². The van der Waals surface area contributed by atoms with Gasteiger partial charge in [-0.05, 0) is 18.2 Å². The van der Waals surface area contributed by atoms with Gasteiger partial charge in [0.2, 0.25) is 0 Å². The summed E-state index contributed by atoms with van der Waals surface area (Å²) in [6, 6.07) is 9.09. The number of thiazole rings is 1. The van der Waals surface area contributed by atoms with Crippen LogP contribution in [0.3, 0.4) is 0 Å². The van der Waals surface area contributed by atoms with E-state index in [4.69, 9.17) is 27.6 Å². The van der Waals surface area contributed by atoms with Crippen molar-refractivity contribution in [3.8, 4) is 11.5 Å². The third kappa shape index (κ3) is 2.89. The standard InChI is InChI=1S/C14H6Cl2N4O2S2/c15-9-5-6(10(16)24-9)12-19-20-14(22-12)18-11(21)13-17-7-3-1-2-4-8(7)23-13/h1-5H,(H,18,20,21). The third-order valence-electron chi connectivity index (χ3n) is 3.02. The number of anilines is 1. The molecule has 0 aliphatic heterocycles. The van der Waals surface area contributed by atoms with Gasteiger partial charge in [0.1, 0.15) is 4.34 Å². The average Bonchev–Trinajstić information content (AvgIpc) is 3.25. The Morgan fingerprint density at radius 2 is 2.00 bits per heavy atom. The van der Waals surface area contributed by atoms with Gasteiger partial charge in [-0.3, -0.25) is 10.1 Å². The highest BCUT2D eigenvalue weighted by Gasteiger charge is 2.18. The lowest BCUT2D eigenvalue weighted by molar-refractivity contribution is 0.102. The first kappa shape index (κ1) is 15.5. The van der Waals surface area contributed by atoms with Crippen LogP contribution in [0.15, 0.2) is 34.7 Å². The minimum absolute atomic E-state index is 0.0346. The fraction of sp³-hybridized carbons (Fsp3) is 0. The highest BCUT2D eigenvalue weighted by molar-refractivity contribution is 7.20. The number of aromatic nitrogens is 3. The summed E-state index contributed by atoms with van der Waals surface area (Å²) in [4.78, 5) is 16.5. The normalized spacial score (nSPS) is 11.1. The molecular formula is C14H6Cl2N4O2S2. The lowest BCUT2D eigenvalue weighted by Crippen LogP contribution is -2.11. The molecule has 10 heteroatoms. The van der Waals surface area contributed by atoms with Gasteiger partial charge in [-0.15, -0.1) is 27.8 Å². The summed E-state index contributed by atoms with van der Waals surface area (Å²) in [5.74, 6) is -0.233. The Balaban J connectivity index is 1.57. The Morgan fingerprint density at radius 1 is 1.17 bits per heavy atom. The van der Waals surface area contributed by atoms with Crippen LogP contribution in [-0.2, 0) is 0 Å². The van der Waals surface area contributed by atoms with E-state index in [1.807, 2.05) is 24.3 Å². The molecule has 1 N–H and O–H groups in total. The van der Waals surface area contributed by atoms with E-state index in [1.54, 1.807) is 6.07 Å². The number of hydrogen-bond donors (Lipinski definition) is 1. The molecule has 3 aromatic heterocycles. The second-order valence-electron chi connectivity index (χ2n) is 4.59. The van der Waals surface area contributed by atoms with Crippen LogP contribution in [0.25, 0.3) is 21.7 Å². The maximum Gasteiger partial charge on any atom is 0.322 e. The molecule has 0 saturated heterocycles. The van der Waals surface area contributed by atoms with Crippen molar-refractivity contribution < 1.29 is 9.21 Å². The molecule has 0 radical (unpaired) electrons. The molecular weight excluding hydrogens is 391 g/mol. The van der Waals surface area contributed by atoms with Crippen molar-refractivity contribution in [2.75, 3.05) is 5.32 Å².